The number of rotatable bonds is 6. The fraction of sp³-hybridized carbons (Fsp3) is 0.778. The summed E-state index contributed by atoms with van der Waals surface area (Å²) in [6.45, 7) is 3.74. The van der Waals surface area contributed by atoms with Crippen LogP contribution in [0, 0.1) is 11.8 Å². The van der Waals surface area contributed by atoms with Crippen molar-refractivity contribution in [3.05, 3.63) is 0 Å². The van der Waals surface area contributed by atoms with Crippen LogP contribution in [0.15, 0.2) is 0 Å². The molecule has 13 heavy (non-hydrogen) atoms. The molecule has 0 saturated carbocycles. The Balaban J connectivity index is 4.23. The molecule has 0 radical (unpaired) electrons. The highest BCUT2D eigenvalue weighted by Gasteiger charge is 2.26. The Morgan fingerprint density at radius 1 is 1.31 bits per heavy atom. The van der Waals surface area contributed by atoms with E-state index in [2.05, 4.69) is 0 Å². The second-order valence-corrected chi connectivity index (χ2v) is 3.31. The van der Waals surface area contributed by atoms with E-state index < -0.39 is 17.9 Å². The summed E-state index contributed by atoms with van der Waals surface area (Å²) in [5.41, 5.74) is 0. The molecule has 0 aliphatic carbocycles. The normalized spacial score (nSPS) is 14.9. The van der Waals surface area contributed by atoms with Gasteiger partial charge in [0.25, 0.3) is 0 Å². The number of carboxylic acids is 2. The molecule has 4 heteroatoms. The zero-order chi connectivity index (χ0) is 10.4. The number of hydrogen-bond acceptors (Lipinski definition) is 2. The van der Waals surface area contributed by atoms with E-state index in [9.17, 15) is 9.59 Å². The number of aliphatic carboxylic acids is 2. The van der Waals surface area contributed by atoms with Crippen LogP contribution in [-0.2, 0) is 9.59 Å². The molecular formula is C9H16O4. The van der Waals surface area contributed by atoms with Gasteiger partial charge in [-0.25, -0.2) is 0 Å². The van der Waals surface area contributed by atoms with Crippen LogP contribution in [0.5, 0.6) is 0 Å². The topological polar surface area (TPSA) is 74.6 Å². The third-order valence-corrected chi connectivity index (χ3v) is 2.14. The number of carbonyl (C=O) groups is 2. The molecule has 0 aliphatic rings. The van der Waals surface area contributed by atoms with Crippen LogP contribution in [0.1, 0.15) is 33.1 Å². The largest absolute Gasteiger partial charge is 0.481 e. The molecular weight excluding hydrogens is 172 g/mol. The van der Waals surface area contributed by atoms with Gasteiger partial charge in [0.05, 0.1) is 12.3 Å². The summed E-state index contributed by atoms with van der Waals surface area (Å²) in [6.07, 6.45) is 1.35. The van der Waals surface area contributed by atoms with Gasteiger partial charge in [0, 0.05) is 0 Å². The van der Waals surface area contributed by atoms with Crippen molar-refractivity contribution in [1.82, 2.24) is 0 Å². The monoisotopic (exact) mass is 188 g/mol. The van der Waals surface area contributed by atoms with Crippen LogP contribution in [0.25, 0.3) is 0 Å². The highest BCUT2D eigenvalue weighted by atomic mass is 16.4. The Bertz CT molecular complexity index is 188. The summed E-state index contributed by atoms with van der Waals surface area (Å²) in [5.74, 6) is -2.88. The molecule has 0 aromatic heterocycles. The Labute approximate surface area is 77.6 Å². The van der Waals surface area contributed by atoms with Crippen molar-refractivity contribution in [1.29, 1.82) is 0 Å². The van der Waals surface area contributed by atoms with Crippen LogP contribution < -0.4 is 0 Å². The predicted molar refractivity (Wildman–Crippen MR) is 47.5 cm³/mol. The molecule has 0 bridgehead atoms. The van der Waals surface area contributed by atoms with Gasteiger partial charge in [-0.2, -0.15) is 0 Å². The maximum absolute atomic E-state index is 10.7. The minimum absolute atomic E-state index is 0.0707. The lowest BCUT2D eigenvalue weighted by atomic mass is 9.88. The third kappa shape index (κ3) is 4.50. The van der Waals surface area contributed by atoms with Gasteiger partial charge in [-0.1, -0.05) is 26.7 Å². The quantitative estimate of drug-likeness (QED) is 0.663. The average Bonchev–Trinajstić information content (AvgIpc) is 1.99. The van der Waals surface area contributed by atoms with Gasteiger partial charge in [-0.05, 0) is 5.92 Å². The van der Waals surface area contributed by atoms with E-state index in [1.54, 1.807) is 6.92 Å². The van der Waals surface area contributed by atoms with Crippen molar-refractivity contribution < 1.29 is 19.8 Å². The first-order valence-electron chi connectivity index (χ1n) is 4.43. The first kappa shape index (κ1) is 11.9. The summed E-state index contributed by atoms with van der Waals surface area (Å²) in [7, 11) is 0. The van der Waals surface area contributed by atoms with Gasteiger partial charge in [0.15, 0.2) is 0 Å². The zero-order valence-electron chi connectivity index (χ0n) is 7.99. The van der Waals surface area contributed by atoms with Crippen molar-refractivity contribution in [2.24, 2.45) is 11.8 Å². The van der Waals surface area contributed by atoms with E-state index in [4.69, 9.17) is 10.2 Å². The summed E-state index contributed by atoms with van der Waals surface area (Å²) in [6, 6.07) is 0. The standard InChI is InChI=1S/C9H16O4/c1-3-4-6(2)7(9(12)13)5-8(10)11/h6-7H,3-5H2,1-2H3,(H,10,11)(H,12,13). The molecule has 2 atom stereocenters. The molecule has 0 saturated heterocycles. The molecule has 2 N–H and O–H groups in total. The van der Waals surface area contributed by atoms with Crippen LogP contribution in [0.2, 0.25) is 0 Å². The second-order valence-electron chi connectivity index (χ2n) is 3.31. The molecule has 76 valence electrons. The molecule has 0 heterocycles. The molecule has 2 unspecified atom stereocenters. The second kappa shape index (κ2) is 5.56. The van der Waals surface area contributed by atoms with Crippen molar-refractivity contribution in [3.63, 3.8) is 0 Å². The first-order chi connectivity index (χ1) is 5.99. The first-order valence-corrected chi connectivity index (χ1v) is 4.43. The van der Waals surface area contributed by atoms with Gasteiger partial charge in [0.1, 0.15) is 0 Å². The van der Waals surface area contributed by atoms with E-state index in [1.807, 2.05) is 6.92 Å². The molecule has 0 fully saturated rings. The van der Waals surface area contributed by atoms with Crippen molar-refractivity contribution in [2.45, 2.75) is 33.1 Å². The minimum Gasteiger partial charge on any atom is -0.481 e. The summed E-state index contributed by atoms with van der Waals surface area (Å²) in [4.78, 5) is 21.0. The predicted octanol–water partition coefficient (Wildman–Crippen LogP) is 1.60. The van der Waals surface area contributed by atoms with Crippen LogP contribution >= 0.6 is 0 Å². The Kier molecular flexibility index (Phi) is 5.11. The van der Waals surface area contributed by atoms with Crippen LogP contribution in [-0.4, -0.2) is 22.2 Å². The smallest absolute Gasteiger partial charge is 0.307 e. The van der Waals surface area contributed by atoms with Gasteiger partial charge in [-0.15, -0.1) is 0 Å². The molecule has 0 rings (SSSR count). The average molecular weight is 188 g/mol. The summed E-state index contributed by atoms with van der Waals surface area (Å²) < 4.78 is 0. The number of hydrogen-bond donors (Lipinski definition) is 2. The fourth-order valence-corrected chi connectivity index (χ4v) is 1.38. The van der Waals surface area contributed by atoms with Gasteiger partial charge in [0.2, 0.25) is 0 Å². The molecule has 0 aromatic rings. The highest BCUT2D eigenvalue weighted by Crippen LogP contribution is 2.20. The van der Waals surface area contributed by atoms with Gasteiger partial charge < -0.3 is 10.2 Å². The summed E-state index contributed by atoms with van der Waals surface area (Å²) >= 11 is 0. The van der Waals surface area contributed by atoms with Crippen LogP contribution in [0.3, 0.4) is 0 Å². The zero-order valence-corrected chi connectivity index (χ0v) is 7.99. The fourth-order valence-electron chi connectivity index (χ4n) is 1.38. The van der Waals surface area contributed by atoms with E-state index >= 15 is 0 Å². The van der Waals surface area contributed by atoms with E-state index in [-0.39, 0.29) is 12.3 Å². The van der Waals surface area contributed by atoms with E-state index in [1.165, 1.54) is 0 Å². The SMILES string of the molecule is CCCC(C)C(CC(=O)O)C(=O)O. The molecule has 0 spiro atoms. The molecule has 0 aromatic carbocycles. The molecule has 0 aliphatic heterocycles. The van der Waals surface area contributed by atoms with E-state index in [0.29, 0.717) is 0 Å². The lowest BCUT2D eigenvalue weighted by Gasteiger charge is -2.17. The Morgan fingerprint density at radius 3 is 2.15 bits per heavy atom. The Hall–Kier alpha value is -1.06. The molecule has 4 nitrogen and oxygen atoms in total. The van der Waals surface area contributed by atoms with Crippen molar-refractivity contribution >= 4 is 11.9 Å². The maximum atomic E-state index is 10.7. The van der Waals surface area contributed by atoms with E-state index in [0.717, 1.165) is 12.8 Å². The lowest BCUT2D eigenvalue weighted by molar-refractivity contribution is -0.150. The summed E-state index contributed by atoms with van der Waals surface area (Å²) in [5, 5.41) is 17.2. The number of carboxylic acid groups (broad SMARTS) is 2. The van der Waals surface area contributed by atoms with Gasteiger partial charge in [-0.3, -0.25) is 9.59 Å². The van der Waals surface area contributed by atoms with Crippen molar-refractivity contribution in [3.8, 4) is 0 Å². The van der Waals surface area contributed by atoms with Gasteiger partial charge >= 0.3 is 11.9 Å². The third-order valence-electron chi connectivity index (χ3n) is 2.14. The maximum Gasteiger partial charge on any atom is 0.307 e. The molecule has 0 amide bonds. The van der Waals surface area contributed by atoms with Crippen LogP contribution in [0.4, 0.5) is 0 Å². The minimum atomic E-state index is -1.05. The lowest BCUT2D eigenvalue weighted by Crippen LogP contribution is -2.24. The Morgan fingerprint density at radius 2 is 1.85 bits per heavy atom. The highest BCUT2D eigenvalue weighted by molar-refractivity contribution is 5.77. The van der Waals surface area contributed by atoms with Crippen molar-refractivity contribution in [2.75, 3.05) is 0 Å².